The molecule has 0 bridgehead atoms. The van der Waals surface area contributed by atoms with Crippen molar-refractivity contribution in [2.24, 2.45) is 0 Å². The van der Waals surface area contributed by atoms with Crippen LogP contribution >= 0.6 is 12.2 Å². The summed E-state index contributed by atoms with van der Waals surface area (Å²) in [6.07, 6.45) is 1.42. The molecule has 0 N–H and O–H groups in total. The van der Waals surface area contributed by atoms with E-state index < -0.39 is 17.8 Å². The number of nitrogens with zero attached hydrogens (tertiary/aromatic N) is 2. The lowest BCUT2D eigenvalue weighted by molar-refractivity contribution is -0.143. The monoisotopic (exact) mass is 348 g/mol. The molecule has 0 radical (unpaired) electrons. The van der Waals surface area contributed by atoms with Gasteiger partial charge in [0.1, 0.15) is 11.3 Å². The van der Waals surface area contributed by atoms with Gasteiger partial charge in [-0.2, -0.15) is 0 Å². The van der Waals surface area contributed by atoms with Gasteiger partial charge in [0.15, 0.2) is 11.7 Å². The van der Waals surface area contributed by atoms with Crippen LogP contribution < -0.4 is 4.74 Å². The van der Waals surface area contributed by atoms with Crippen molar-refractivity contribution in [1.82, 2.24) is 9.80 Å². The first-order valence-corrected chi connectivity index (χ1v) is 7.38. The van der Waals surface area contributed by atoms with Crippen LogP contribution in [0.3, 0.4) is 0 Å². The number of carbonyl (C=O) groups is 3. The number of hydrogen-bond donors (Lipinski definition) is 0. The Morgan fingerprint density at radius 3 is 2.33 bits per heavy atom. The fraction of sp³-hybridized carbons (Fsp3) is 0.250. The summed E-state index contributed by atoms with van der Waals surface area (Å²) in [7, 11) is 4.26. The zero-order valence-electron chi connectivity index (χ0n) is 13.4. The fourth-order valence-corrected chi connectivity index (χ4v) is 2.22. The second kappa shape index (κ2) is 7.22. The van der Waals surface area contributed by atoms with Crippen LogP contribution in [-0.4, -0.2) is 60.5 Å². The molecule has 0 aliphatic carbocycles. The number of likely N-dealkylation sites (N-methyl/N-ethyl adjacent to an activating group) is 2. The van der Waals surface area contributed by atoms with E-state index in [0.717, 1.165) is 0 Å². The topological polar surface area (TPSA) is 76.2 Å². The zero-order chi connectivity index (χ0) is 17.9. The van der Waals surface area contributed by atoms with Gasteiger partial charge in [-0.05, 0) is 24.4 Å². The Bertz CT molecular complexity index is 718. The van der Waals surface area contributed by atoms with Crippen LogP contribution in [0.2, 0.25) is 0 Å². The molecule has 24 heavy (non-hydrogen) atoms. The van der Waals surface area contributed by atoms with Crippen LogP contribution in [0.25, 0.3) is 6.08 Å². The molecule has 7 nitrogen and oxygen atoms in total. The van der Waals surface area contributed by atoms with E-state index in [1.807, 2.05) is 0 Å². The van der Waals surface area contributed by atoms with Crippen molar-refractivity contribution in [1.29, 1.82) is 0 Å². The summed E-state index contributed by atoms with van der Waals surface area (Å²) < 4.78 is 9.90. The number of para-hydroxylation sites is 1. The Morgan fingerprint density at radius 1 is 1.17 bits per heavy atom. The molecule has 1 aromatic rings. The zero-order valence-corrected chi connectivity index (χ0v) is 14.3. The van der Waals surface area contributed by atoms with Crippen LogP contribution in [0.5, 0.6) is 5.75 Å². The Hall–Kier alpha value is -2.74. The van der Waals surface area contributed by atoms with Crippen LogP contribution in [0.4, 0.5) is 0 Å². The van der Waals surface area contributed by atoms with Crippen molar-refractivity contribution in [2.75, 3.05) is 27.8 Å². The van der Waals surface area contributed by atoms with E-state index in [4.69, 9.17) is 17.0 Å². The highest BCUT2D eigenvalue weighted by molar-refractivity contribution is 7.80. The summed E-state index contributed by atoms with van der Waals surface area (Å²) >= 11 is 5.04. The minimum atomic E-state index is -0.535. The van der Waals surface area contributed by atoms with E-state index >= 15 is 0 Å². The molecule has 0 atom stereocenters. The normalized spacial score (nSPS) is 14.8. The summed E-state index contributed by atoms with van der Waals surface area (Å²) in [6, 6.07) is 6.75. The predicted octanol–water partition coefficient (Wildman–Crippen LogP) is 0.837. The lowest BCUT2D eigenvalue weighted by atomic mass is 10.1. The number of hydrogen-bond acceptors (Lipinski definition) is 6. The van der Waals surface area contributed by atoms with Crippen LogP contribution in [0.15, 0.2) is 29.8 Å². The Labute approximate surface area is 144 Å². The number of benzene rings is 1. The molecule has 1 saturated heterocycles. The molecule has 1 fully saturated rings. The van der Waals surface area contributed by atoms with Gasteiger partial charge in [0.2, 0.25) is 0 Å². The SMILES string of the molecule is COC(=O)COc1ccccc1C=C1C(=O)N(C)C(=S)N(C)C1=O. The lowest BCUT2D eigenvalue weighted by Gasteiger charge is -2.31. The van der Waals surface area contributed by atoms with Gasteiger partial charge < -0.3 is 9.47 Å². The van der Waals surface area contributed by atoms with E-state index in [1.165, 1.54) is 37.1 Å². The fourth-order valence-electron chi connectivity index (χ4n) is 2.06. The molecule has 0 spiro atoms. The van der Waals surface area contributed by atoms with Gasteiger partial charge in [-0.25, -0.2) is 4.79 Å². The molecule has 1 aromatic carbocycles. The van der Waals surface area contributed by atoms with Gasteiger partial charge in [0.05, 0.1) is 7.11 Å². The molecule has 1 aliphatic rings. The maximum Gasteiger partial charge on any atom is 0.343 e. The number of carbonyl (C=O) groups excluding carboxylic acids is 3. The maximum atomic E-state index is 12.3. The molecule has 2 amide bonds. The average molecular weight is 348 g/mol. The van der Waals surface area contributed by atoms with Gasteiger partial charge in [-0.1, -0.05) is 18.2 Å². The van der Waals surface area contributed by atoms with E-state index in [1.54, 1.807) is 24.3 Å². The van der Waals surface area contributed by atoms with Crippen molar-refractivity contribution >= 4 is 41.2 Å². The lowest BCUT2D eigenvalue weighted by Crippen LogP contribution is -2.52. The van der Waals surface area contributed by atoms with Gasteiger partial charge in [-0.3, -0.25) is 19.4 Å². The van der Waals surface area contributed by atoms with Crippen LogP contribution in [0.1, 0.15) is 5.56 Å². The maximum absolute atomic E-state index is 12.3. The molecular weight excluding hydrogens is 332 g/mol. The predicted molar refractivity (Wildman–Crippen MR) is 90.1 cm³/mol. The molecular formula is C16H16N2O5S. The van der Waals surface area contributed by atoms with Gasteiger partial charge in [-0.15, -0.1) is 0 Å². The minimum absolute atomic E-state index is 0.0391. The van der Waals surface area contributed by atoms with E-state index in [-0.39, 0.29) is 17.3 Å². The number of thiocarbonyl (C=S) groups is 1. The second-order valence-electron chi connectivity index (χ2n) is 4.97. The highest BCUT2D eigenvalue weighted by Crippen LogP contribution is 2.24. The highest BCUT2D eigenvalue weighted by atomic mass is 32.1. The van der Waals surface area contributed by atoms with Crippen molar-refractivity contribution < 1.29 is 23.9 Å². The van der Waals surface area contributed by atoms with Crippen LogP contribution in [-0.2, 0) is 19.1 Å². The summed E-state index contributed by atoms with van der Waals surface area (Å²) in [5.41, 5.74) is 0.454. The minimum Gasteiger partial charge on any atom is -0.481 e. The number of esters is 1. The molecule has 126 valence electrons. The molecule has 0 aromatic heterocycles. The van der Waals surface area contributed by atoms with Crippen molar-refractivity contribution in [3.8, 4) is 5.75 Å². The standard InChI is InChI=1S/C16H16N2O5S/c1-17-14(20)11(15(21)18(2)16(17)24)8-10-6-4-5-7-12(10)23-9-13(19)22-3/h4-8H,9H2,1-3H3. The van der Waals surface area contributed by atoms with Gasteiger partial charge >= 0.3 is 5.97 Å². The van der Waals surface area contributed by atoms with Crippen LogP contribution in [0, 0.1) is 0 Å². The number of methoxy groups -OCH3 is 1. The third-order valence-corrected chi connectivity index (χ3v) is 3.98. The molecule has 1 aliphatic heterocycles. The molecule has 2 rings (SSSR count). The largest absolute Gasteiger partial charge is 0.481 e. The first-order valence-electron chi connectivity index (χ1n) is 6.97. The summed E-state index contributed by atoms with van der Waals surface area (Å²) in [6.45, 7) is -0.275. The third kappa shape index (κ3) is 3.43. The average Bonchev–Trinajstić information content (AvgIpc) is 2.60. The quantitative estimate of drug-likeness (QED) is 0.347. The van der Waals surface area contributed by atoms with E-state index in [0.29, 0.717) is 11.3 Å². The second-order valence-corrected chi connectivity index (χ2v) is 5.34. The summed E-state index contributed by atoms with van der Waals surface area (Å²) in [5.74, 6) is -1.17. The smallest absolute Gasteiger partial charge is 0.343 e. The Kier molecular flexibility index (Phi) is 5.30. The highest BCUT2D eigenvalue weighted by Gasteiger charge is 2.35. The number of ether oxygens (including phenoxy) is 2. The van der Waals surface area contributed by atoms with E-state index in [2.05, 4.69) is 4.74 Å². The van der Waals surface area contributed by atoms with Crippen molar-refractivity contribution in [3.63, 3.8) is 0 Å². The first kappa shape index (κ1) is 17.6. The van der Waals surface area contributed by atoms with Crippen molar-refractivity contribution in [2.45, 2.75) is 0 Å². The Balaban J connectivity index is 2.36. The number of amides is 2. The summed E-state index contributed by atoms with van der Waals surface area (Å²) in [4.78, 5) is 38.3. The Morgan fingerprint density at radius 2 is 1.75 bits per heavy atom. The van der Waals surface area contributed by atoms with Gasteiger partial charge in [0, 0.05) is 19.7 Å². The molecule has 0 unspecified atom stereocenters. The molecule has 1 heterocycles. The van der Waals surface area contributed by atoms with Gasteiger partial charge in [0.25, 0.3) is 11.8 Å². The molecule has 8 heteroatoms. The summed E-state index contributed by atoms with van der Waals surface area (Å²) in [5, 5.41) is 0.136. The molecule has 0 saturated carbocycles. The van der Waals surface area contributed by atoms with Crippen molar-refractivity contribution in [3.05, 3.63) is 35.4 Å². The van der Waals surface area contributed by atoms with E-state index in [9.17, 15) is 14.4 Å². The first-order chi connectivity index (χ1) is 11.4. The number of rotatable bonds is 4. The third-order valence-electron chi connectivity index (χ3n) is 3.44.